The molecule has 0 atom stereocenters. The predicted molar refractivity (Wildman–Crippen MR) is 108 cm³/mol. The van der Waals surface area contributed by atoms with Gasteiger partial charge in [0.1, 0.15) is 11.0 Å². The number of aromatic nitrogens is 4. The first-order valence-electron chi connectivity index (χ1n) is 9.22. The number of benzene rings is 1. The molecule has 136 valence electrons. The molecule has 0 N–H and O–H groups in total. The molecule has 0 spiro atoms. The van der Waals surface area contributed by atoms with E-state index in [4.69, 9.17) is 11.6 Å². The minimum atomic E-state index is 0.537. The van der Waals surface area contributed by atoms with Crippen LogP contribution < -0.4 is 0 Å². The van der Waals surface area contributed by atoms with E-state index in [1.165, 1.54) is 37.7 Å². The first-order chi connectivity index (χ1) is 12.6. The third kappa shape index (κ3) is 3.60. The Bertz CT molecular complexity index is 931. The van der Waals surface area contributed by atoms with Crippen molar-refractivity contribution in [1.29, 1.82) is 0 Å². The summed E-state index contributed by atoms with van der Waals surface area (Å²) in [5.41, 5.74) is 3.19. The van der Waals surface area contributed by atoms with Crippen molar-refractivity contribution in [3.05, 3.63) is 46.4 Å². The molecule has 1 aliphatic rings. The molecule has 0 saturated heterocycles. The first-order valence-corrected chi connectivity index (χ1v) is 10.6. The predicted octanol–water partition coefficient (Wildman–Crippen LogP) is 5.89. The van der Waals surface area contributed by atoms with E-state index in [1.54, 1.807) is 11.8 Å². The molecule has 6 heteroatoms. The van der Waals surface area contributed by atoms with Crippen molar-refractivity contribution in [2.75, 3.05) is 0 Å². The monoisotopic (exact) mass is 386 g/mol. The Morgan fingerprint density at radius 2 is 1.92 bits per heavy atom. The van der Waals surface area contributed by atoms with E-state index in [2.05, 4.69) is 57.9 Å². The molecule has 0 bridgehead atoms. The quantitative estimate of drug-likeness (QED) is 0.414. The van der Waals surface area contributed by atoms with E-state index < -0.39 is 0 Å². The maximum atomic E-state index is 6.45. The Hall–Kier alpha value is -1.59. The van der Waals surface area contributed by atoms with E-state index >= 15 is 0 Å². The van der Waals surface area contributed by atoms with E-state index in [9.17, 15) is 0 Å². The molecule has 2 aromatic heterocycles. The lowest BCUT2D eigenvalue weighted by molar-refractivity contribution is 0.332. The number of hydrogen-bond acceptors (Lipinski definition) is 4. The van der Waals surface area contributed by atoms with Gasteiger partial charge in [0.2, 0.25) is 0 Å². The van der Waals surface area contributed by atoms with Crippen LogP contribution in [0.25, 0.3) is 10.9 Å². The van der Waals surface area contributed by atoms with E-state index in [1.807, 2.05) is 0 Å². The molecule has 4 rings (SSSR count). The molecule has 3 aromatic rings. The van der Waals surface area contributed by atoms with Crippen LogP contribution in [0.5, 0.6) is 0 Å². The van der Waals surface area contributed by atoms with Crippen LogP contribution >= 0.6 is 23.4 Å². The fourth-order valence-electron chi connectivity index (χ4n) is 3.75. The molecule has 26 heavy (non-hydrogen) atoms. The Labute approximate surface area is 163 Å². The summed E-state index contributed by atoms with van der Waals surface area (Å²) in [4.78, 5) is 4.58. The topological polar surface area (TPSA) is 43.6 Å². The highest BCUT2D eigenvalue weighted by Gasteiger charge is 2.21. The van der Waals surface area contributed by atoms with E-state index in [0.29, 0.717) is 11.2 Å². The van der Waals surface area contributed by atoms with Crippen LogP contribution in [0.3, 0.4) is 0 Å². The highest BCUT2D eigenvalue weighted by molar-refractivity contribution is 7.98. The average molecular weight is 387 g/mol. The number of rotatable bonds is 4. The lowest BCUT2D eigenvalue weighted by Crippen LogP contribution is -2.15. The molecule has 2 heterocycles. The van der Waals surface area contributed by atoms with Crippen LogP contribution in [-0.2, 0) is 5.75 Å². The Morgan fingerprint density at radius 1 is 1.12 bits per heavy atom. The number of thioether (sulfide) groups is 1. The van der Waals surface area contributed by atoms with Crippen LogP contribution in [0.1, 0.15) is 55.1 Å². The zero-order valence-electron chi connectivity index (χ0n) is 15.2. The van der Waals surface area contributed by atoms with Crippen LogP contribution in [0.15, 0.2) is 29.4 Å². The van der Waals surface area contributed by atoms with Crippen LogP contribution in [0, 0.1) is 13.8 Å². The Kier molecular flexibility index (Phi) is 5.18. The minimum absolute atomic E-state index is 0.537. The van der Waals surface area contributed by atoms with Crippen molar-refractivity contribution < 1.29 is 0 Å². The van der Waals surface area contributed by atoms with Gasteiger partial charge in [0.05, 0.1) is 5.52 Å². The standard InChI is InChI=1S/C20H23ClN4S/c1-13-8-9-15-11-16(19(21)22-18(15)10-13)12-26-20-24-23-14(2)25(20)17-6-4-3-5-7-17/h8-11,17H,3-7,12H2,1-2H3. The fraction of sp³-hybridized carbons (Fsp3) is 0.450. The Morgan fingerprint density at radius 3 is 2.73 bits per heavy atom. The Balaban J connectivity index is 1.57. The van der Waals surface area contributed by atoms with Crippen molar-refractivity contribution in [3.8, 4) is 0 Å². The molecule has 1 aromatic carbocycles. The highest BCUT2D eigenvalue weighted by Crippen LogP contribution is 2.34. The second kappa shape index (κ2) is 7.57. The SMILES string of the molecule is Cc1ccc2cc(CSc3nnc(C)n3C3CCCCC3)c(Cl)nc2c1. The first kappa shape index (κ1) is 17.8. The molecular formula is C20H23ClN4S. The maximum absolute atomic E-state index is 6.45. The van der Waals surface area contributed by atoms with Crippen molar-refractivity contribution in [2.45, 2.75) is 62.9 Å². The molecule has 0 unspecified atom stereocenters. The number of halogens is 1. The van der Waals surface area contributed by atoms with Crippen molar-refractivity contribution >= 4 is 34.3 Å². The van der Waals surface area contributed by atoms with Crippen molar-refractivity contribution in [1.82, 2.24) is 19.7 Å². The van der Waals surface area contributed by atoms with E-state index in [-0.39, 0.29) is 0 Å². The second-order valence-corrected chi connectivity index (χ2v) is 8.42. The van der Waals surface area contributed by atoms with Crippen molar-refractivity contribution in [2.24, 2.45) is 0 Å². The van der Waals surface area contributed by atoms with Gasteiger partial charge in [0.15, 0.2) is 5.16 Å². The summed E-state index contributed by atoms with van der Waals surface area (Å²) in [5.74, 6) is 1.76. The summed E-state index contributed by atoms with van der Waals surface area (Å²) in [6.07, 6.45) is 6.39. The summed E-state index contributed by atoms with van der Waals surface area (Å²) < 4.78 is 2.33. The number of aryl methyl sites for hydroxylation is 2. The van der Waals surface area contributed by atoms with Gasteiger partial charge in [-0.05, 0) is 44.4 Å². The molecular weight excluding hydrogens is 364 g/mol. The van der Waals surface area contributed by atoms with Crippen molar-refractivity contribution in [3.63, 3.8) is 0 Å². The number of fused-ring (bicyclic) bond motifs is 1. The summed E-state index contributed by atoms with van der Waals surface area (Å²) >= 11 is 8.15. The second-order valence-electron chi connectivity index (χ2n) is 7.11. The largest absolute Gasteiger partial charge is 0.303 e. The third-order valence-electron chi connectivity index (χ3n) is 5.13. The summed E-state index contributed by atoms with van der Waals surface area (Å²) in [6.45, 7) is 4.12. The van der Waals surface area contributed by atoms with E-state index in [0.717, 1.165) is 33.2 Å². The fourth-order valence-corrected chi connectivity index (χ4v) is 5.06. The van der Waals surface area contributed by atoms with Gasteiger partial charge in [0.25, 0.3) is 0 Å². The molecule has 0 aliphatic heterocycles. The highest BCUT2D eigenvalue weighted by atomic mass is 35.5. The molecule has 4 nitrogen and oxygen atoms in total. The smallest absolute Gasteiger partial charge is 0.191 e. The zero-order valence-corrected chi connectivity index (χ0v) is 16.8. The maximum Gasteiger partial charge on any atom is 0.191 e. The molecule has 0 amide bonds. The van der Waals surface area contributed by atoms with Gasteiger partial charge >= 0.3 is 0 Å². The molecule has 1 saturated carbocycles. The van der Waals surface area contributed by atoms with Gasteiger partial charge in [-0.1, -0.05) is 54.8 Å². The lowest BCUT2D eigenvalue weighted by atomic mass is 9.95. The van der Waals surface area contributed by atoms with Gasteiger partial charge in [-0.25, -0.2) is 4.98 Å². The summed E-state index contributed by atoms with van der Waals surface area (Å²) in [5, 5.41) is 11.5. The number of pyridine rings is 1. The van der Waals surface area contributed by atoms with Crippen LogP contribution in [-0.4, -0.2) is 19.7 Å². The lowest BCUT2D eigenvalue weighted by Gasteiger charge is -2.25. The average Bonchev–Trinajstić information content (AvgIpc) is 3.01. The molecule has 0 radical (unpaired) electrons. The van der Waals surface area contributed by atoms with Gasteiger partial charge in [0, 0.05) is 22.7 Å². The normalized spacial score (nSPS) is 15.7. The molecule has 1 aliphatic carbocycles. The molecule has 1 fully saturated rings. The summed E-state index contributed by atoms with van der Waals surface area (Å²) in [7, 11) is 0. The van der Waals surface area contributed by atoms with Gasteiger partial charge < -0.3 is 4.57 Å². The van der Waals surface area contributed by atoms with Gasteiger partial charge in [-0.3, -0.25) is 0 Å². The zero-order chi connectivity index (χ0) is 18.1. The van der Waals surface area contributed by atoms with Gasteiger partial charge in [-0.2, -0.15) is 0 Å². The minimum Gasteiger partial charge on any atom is -0.303 e. The van der Waals surface area contributed by atoms with Crippen LogP contribution in [0.2, 0.25) is 5.15 Å². The van der Waals surface area contributed by atoms with Gasteiger partial charge in [-0.15, -0.1) is 10.2 Å². The number of nitrogens with zero attached hydrogens (tertiary/aromatic N) is 4. The summed E-state index contributed by atoms with van der Waals surface area (Å²) in [6, 6.07) is 8.97. The number of hydrogen-bond donors (Lipinski definition) is 0. The third-order valence-corrected chi connectivity index (χ3v) is 6.45. The van der Waals surface area contributed by atoms with Crippen LogP contribution in [0.4, 0.5) is 0 Å².